The van der Waals surface area contributed by atoms with Crippen molar-refractivity contribution in [3.05, 3.63) is 84.7 Å². The van der Waals surface area contributed by atoms with Crippen LogP contribution in [-0.2, 0) is 7.05 Å². The molecule has 0 unspecified atom stereocenters. The highest BCUT2D eigenvalue weighted by Gasteiger charge is 2.11. The van der Waals surface area contributed by atoms with E-state index in [0.717, 1.165) is 44.5 Å². The lowest BCUT2D eigenvalue weighted by molar-refractivity contribution is 0.262. The second-order valence-corrected chi connectivity index (χ2v) is 7.76. The minimum atomic E-state index is -0.280. The predicted octanol–water partition coefficient (Wildman–Crippen LogP) is 5.58. The van der Waals surface area contributed by atoms with Crippen molar-refractivity contribution < 1.29 is 4.79 Å². The van der Waals surface area contributed by atoms with Crippen molar-refractivity contribution in [2.24, 2.45) is 7.05 Å². The molecule has 3 N–H and O–H groups in total. The van der Waals surface area contributed by atoms with Gasteiger partial charge in [-0.25, -0.2) is 4.79 Å². The molecule has 0 saturated carbocycles. The van der Waals surface area contributed by atoms with Crippen LogP contribution in [0.2, 0.25) is 0 Å². The maximum Gasteiger partial charge on any atom is 0.323 e. The third-order valence-electron chi connectivity index (χ3n) is 5.27. The van der Waals surface area contributed by atoms with Crippen molar-refractivity contribution >= 4 is 28.3 Å². The van der Waals surface area contributed by atoms with Gasteiger partial charge in [-0.2, -0.15) is 10.2 Å². The van der Waals surface area contributed by atoms with Gasteiger partial charge >= 0.3 is 6.03 Å². The number of carbonyl (C=O) groups excluding carboxylic acids is 1. The normalized spacial score (nSPS) is 10.9. The number of aromatic amines is 1. The molecule has 0 aliphatic heterocycles. The Labute approximate surface area is 185 Å². The van der Waals surface area contributed by atoms with Crippen LogP contribution >= 0.6 is 0 Å². The fraction of sp³-hybridized carbons (Fsp3) is 0.0800. The minimum absolute atomic E-state index is 0.280. The number of rotatable bonds is 4. The number of nitrogens with zero attached hydrogens (tertiary/aromatic N) is 3. The number of urea groups is 1. The number of hydrogen-bond donors (Lipinski definition) is 3. The maximum atomic E-state index is 12.4. The van der Waals surface area contributed by atoms with E-state index in [1.807, 2.05) is 68.7 Å². The monoisotopic (exact) mass is 422 g/mol. The Morgan fingerprint density at radius 1 is 0.906 bits per heavy atom. The van der Waals surface area contributed by atoms with Gasteiger partial charge in [0.15, 0.2) is 0 Å². The van der Waals surface area contributed by atoms with Crippen molar-refractivity contribution in [2.75, 3.05) is 10.6 Å². The molecule has 2 amide bonds. The van der Waals surface area contributed by atoms with Gasteiger partial charge in [-0.3, -0.25) is 9.78 Å². The first-order valence-electron chi connectivity index (χ1n) is 10.3. The van der Waals surface area contributed by atoms with Crippen LogP contribution in [0, 0.1) is 6.92 Å². The molecule has 0 bridgehead atoms. The zero-order valence-electron chi connectivity index (χ0n) is 17.8. The zero-order valence-corrected chi connectivity index (χ0v) is 17.8. The van der Waals surface area contributed by atoms with Crippen LogP contribution in [0.25, 0.3) is 33.3 Å². The molecule has 0 atom stereocenters. The number of hydrogen-bond acceptors (Lipinski definition) is 3. The summed E-state index contributed by atoms with van der Waals surface area (Å²) in [7, 11) is 1.89. The van der Waals surface area contributed by atoms with Crippen LogP contribution in [0.1, 0.15) is 5.56 Å². The molecule has 7 nitrogen and oxygen atoms in total. The molecule has 0 radical (unpaired) electrons. The summed E-state index contributed by atoms with van der Waals surface area (Å²) in [5.41, 5.74) is 7.38. The van der Waals surface area contributed by atoms with E-state index in [9.17, 15) is 4.79 Å². The van der Waals surface area contributed by atoms with Crippen LogP contribution in [0.4, 0.5) is 16.2 Å². The van der Waals surface area contributed by atoms with E-state index < -0.39 is 0 Å². The fourth-order valence-corrected chi connectivity index (χ4v) is 3.76. The van der Waals surface area contributed by atoms with E-state index in [0.29, 0.717) is 5.69 Å². The number of benzene rings is 3. The molecule has 5 aromatic rings. The standard InChI is InChI=1S/C25H22N6O/c1-16-5-3-7-20(11-16)27-25(32)28-21-8-4-6-17(12-21)18-9-10-22-23(13-18)29-30-24(22)19-14-26-31(2)15-19/h3-15H,1-2H3,(H,29,30)(H2,27,28,32). The van der Waals surface area contributed by atoms with Gasteiger partial charge in [0.25, 0.3) is 0 Å². The molecule has 0 saturated heterocycles. The van der Waals surface area contributed by atoms with Gasteiger partial charge in [-0.15, -0.1) is 0 Å². The number of aryl methyl sites for hydroxylation is 2. The van der Waals surface area contributed by atoms with Gasteiger partial charge in [0.05, 0.1) is 11.7 Å². The van der Waals surface area contributed by atoms with Crippen LogP contribution in [0.5, 0.6) is 0 Å². The summed E-state index contributed by atoms with van der Waals surface area (Å²) in [6.07, 6.45) is 3.75. The third kappa shape index (κ3) is 3.96. The SMILES string of the molecule is Cc1cccc(NC(=O)Nc2cccc(-c3ccc4c(-c5cnn(C)c5)n[nH]c4c3)c2)c1. The summed E-state index contributed by atoms with van der Waals surface area (Å²) < 4.78 is 1.76. The lowest BCUT2D eigenvalue weighted by atomic mass is 10.0. The molecular weight excluding hydrogens is 400 g/mol. The van der Waals surface area contributed by atoms with E-state index in [1.165, 1.54) is 0 Å². The summed E-state index contributed by atoms with van der Waals surface area (Å²) >= 11 is 0. The lowest BCUT2D eigenvalue weighted by Gasteiger charge is -2.10. The number of amides is 2. The maximum absolute atomic E-state index is 12.4. The Hall–Kier alpha value is -4.39. The Morgan fingerprint density at radius 2 is 1.66 bits per heavy atom. The average molecular weight is 422 g/mol. The van der Waals surface area contributed by atoms with Gasteiger partial charge in [0.1, 0.15) is 5.69 Å². The topological polar surface area (TPSA) is 87.6 Å². The van der Waals surface area contributed by atoms with E-state index >= 15 is 0 Å². The quantitative estimate of drug-likeness (QED) is 0.353. The third-order valence-corrected chi connectivity index (χ3v) is 5.27. The van der Waals surface area contributed by atoms with Crippen LogP contribution in [0.15, 0.2) is 79.1 Å². The lowest BCUT2D eigenvalue weighted by Crippen LogP contribution is -2.19. The fourth-order valence-electron chi connectivity index (χ4n) is 3.76. The van der Waals surface area contributed by atoms with Crippen molar-refractivity contribution in [1.29, 1.82) is 0 Å². The van der Waals surface area contributed by atoms with E-state index in [-0.39, 0.29) is 6.03 Å². The minimum Gasteiger partial charge on any atom is -0.308 e. The van der Waals surface area contributed by atoms with E-state index in [4.69, 9.17) is 0 Å². The van der Waals surface area contributed by atoms with Crippen LogP contribution < -0.4 is 10.6 Å². The first kappa shape index (κ1) is 19.6. The van der Waals surface area contributed by atoms with Gasteiger partial charge < -0.3 is 10.6 Å². The largest absolute Gasteiger partial charge is 0.323 e. The van der Waals surface area contributed by atoms with Gasteiger partial charge in [-0.1, -0.05) is 30.3 Å². The number of fused-ring (bicyclic) bond motifs is 1. The Balaban J connectivity index is 1.37. The molecule has 158 valence electrons. The number of anilines is 2. The first-order valence-corrected chi connectivity index (χ1v) is 10.3. The van der Waals surface area contributed by atoms with Crippen molar-refractivity contribution in [3.8, 4) is 22.4 Å². The summed E-state index contributed by atoms with van der Waals surface area (Å²) in [5.74, 6) is 0. The number of nitrogens with one attached hydrogen (secondary N) is 3. The number of carbonyl (C=O) groups is 1. The van der Waals surface area contributed by atoms with Gasteiger partial charge in [0, 0.05) is 35.6 Å². The zero-order chi connectivity index (χ0) is 22.1. The summed E-state index contributed by atoms with van der Waals surface area (Å²) in [4.78, 5) is 12.4. The van der Waals surface area contributed by atoms with E-state index in [2.05, 4.69) is 44.1 Å². The predicted molar refractivity (Wildman–Crippen MR) is 128 cm³/mol. The second kappa shape index (κ2) is 8.03. The molecular formula is C25H22N6O. The summed E-state index contributed by atoms with van der Waals surface area (Å²) in [6.45, 7) is 1.99. The molecule has 0 aliphatic rings. The van der Waals surface area contributed by atoms with Crippen LogP contribution in [-0.4, -0.2) is 26.0 Å². The molecule has 0 spiro atoms. The Morgan fingerprint density at radius 3 is 2.41 bits per heavy atom. The number of H-pyrrole nitrogens is 1. The number of aromatic nitrogens is 4. The molecule has 3 aromatic carbocycles. The molecule has 5 rings (SSSR count). The van der Waals surface area contributed by atoms with Crippen molar-refractivity contribution in [2.45, 2.75) is 6.92 Å². The van der Waals surface area contributed by atoms with Gasteiger partial charge in [0.2, 0.25) is 0 Å². The smallest absolute Gasteiger partial charge is 0.308 e. The molecule has 2 heterocycles. The molecule has 0 fully saturated rings. The van der Waals surface area contributed by atoms with E-state index in [1.54, 1.807) is 10.9 Å². The highest BCUT2D eigenvalue weighted by Crippen LogP contribution is 2.30. The first-order chi connectivity index (χ1) is 15.5. The van der Waals surface area contributed by atoms with Crippen LogP contribution in [0.3, 0.4) is 0 Å². The Kier molecular flexibility index (Phi) is 4.91. The summed E-state index contributed by atoms with van der Waals surface area (Å²) in [5, 5.41) is 18.6. The Bertz CT molecular complexity index is 1430. The molecule has 2 aromatic heterocycles. The molecule has 32 heavy (non-hydrogen) atoms. The van der Waals surface area contributed by atoms with Crippen molar-refractivity contribution in [1.82, 2.24) is 20.0 Å². The summed E-state index contributed by atoms with van der Waals surface area (Å²) in [6, 6.07) is 21.4. The highest BCUT2D eigenvalue weighted by atomic mass is 16.2. The second-order valence-electron chi connectivity index (χ2n) is 7.76. The van der Waals surface area contributed by atoms with Gasteiger partial charge in [-0.05, 0) is 60.0 Å². The molecule has 0 aliphatic carbocycles. The molecule has 7 heteroatoms. The van der Waals surface area contributed by atoms with Crippen molar-refractivity contribution in [3.63, 3.8) is 0 Å². The highest BCUT2D eigenvalue weighted by molar-refractivity contribution is 6.00. The average Bonchev–Trinajstić information content (AvgIpc) is 3.39.